The van der Waals surface area contributed by atoms with Gasteiger partial charge < -0.3 is 5.32 Å². The van der Waals surface area contributed by atoms with Crippen molar-refractivity contribution in [3.05, 3.63) is 34.9 Å². The number of nitrogens with one attached hydrogen (secondary N) is 1. The largest absolute Gasteiger partial charge is 0.352 e. The Bertz CT molecular complexity index is 708. The van der Waals surface area contributed by atoms with Gasteiger partial charge in [-0.2, -0.15) is 0 Å². The number of fused-ring (bicyclic) bond motifs is 1. The number of ketones is 1. The van der Waals surface area contributed by atoms with Gasteiger partial charge in [-0.15, -0.1) is 0 Å². The van der Waals surface area contributed by atoms with Crippen LogP contribution in [0.4, 0.5) is 0 Å². The zero-order chi connectivity index (χ0) is 15.0. The number of amides is 1. The van der Waals surface area contributed by atoms with Gasteiger partial charge in [-0.05, 0) is 30.9 Å². The first-order valence-electron chi connectivity index (χ1n) is 7.16. The van der Waals surface area contributed by atoms with Gasteiger partial charge in [0, 0.05) is 17.7 Å². The Hall–Kier alpha value is -1.69. The molecule has 2 aliphatic heterocycles. The average molecular weight is 307 g/mol. The quantitative estimate of drug-likeness (QED) is 0.830. The Labute approximate surface area is 123 Å². The van der Waals surface area contributed by atoms with Crippen molar-refractivity contribution in [1.29, 1.82) is 0 Å². The summed E-state index contributed by atoms with van der Waals surface area (Å²) in [4.78, 5) is 24.3. The summed E-state index contributed by atoms with van der Waals surface area (Å²) in [6, 6.07) is 4.94. The molecule has 1 aromatic carbocycles. The Balaban J connectivity index is 1.95. The molecule has 3 rings (SSSR count). The van der Waals surface area contributed by atoms with Crippen LogP contribution in [0, 0.1) is 0 Å². The second-order valence-electron chi connectivity index (χ2n) is 5.59. The van der Waals surface area contributed by atoms with Crippen molar-refractivity contribution in [2.24, 2.45) is 0 Å². The highest BCUT2D eigenvalue weighted by molar-refractivity contribution is 7.92. The van der Waals surface area contributed by atoms with Crippen LogP contribution >= 0.6 is 0 Å². The van der Waals surface area contributed by atoms with E-state index in [-0.39, 0.29) is 17.4 Å². The van der Waals surface area contributed by atoms with Crippen molar-refractivity contribution in [2.75, 3.05) is 12.3 Å². The second-order valence-corrected chi connectivity index (χ2v) is 7.90. The van der Waals surface area contributed by atoms with Crippen LogP contribution in [0.15, 0.2) is 18.2 Å². The minimum Gasteiger partial charge on any atom is -0.352 e. The Morgan fingerprint density at radius 3 is 2.81 bits per heavy atom. The topological polar surface area (TPSA) is 80.3 Å². The first-order valence-corrected chi connectivity index (χ1v) is 8.87. The van der Waals surface area contributed by atoms with Gasteiger partial charge in [0.15, 0.2) is 15.6 Å². The first-order chi connectivity index (χ1) is 9.99. The molecule has 2 heterocycles. The van der Waals surface area contributed by atoms with E-state index in [9.17, 15) is 18.0 Å². The number of sulfone groups is 1. The molecule has 1 amide bonds. The number of rotatable bonds is 2. The van der Waals surface area contributed by atoms with Gasteiger partial charge in [0.05, 0.1) is 5.75 Å². The van der Waals surface area contributed by atoms with Crippen molar-refractivity contribution < 1.29 is 18.0 Å². The fourth-order valence-electron chi connectivity index (χ4n) is 3.00. The van der Waals surface area contributed by atoms with Crippen LogP contribution in [0.3, 0.4) is 0 Å². The fraction of sp³-hybridized carbons (Fsp3) is 0.467. The normalized spacial score (nSPS) is 24.0. The van der Waals surface area contributed by atoms with E-state index in [4.69, 9.17) is 0 Å². The molecule has 1 atom stereocenters. The van der Waals surface area contributed by atoms with Crippen LogP contribution in [0.5, 0.6) is 0 Å². The number of hydrogen-bond acceptors (Lipinski definition) is 4. The number of benzene rings is 1. The second kappa shape index (κ2) is 5.26. The Morgan fingerprint density at radius 1 is 1.24 bits per heavy atom. The lowest BCUT2D eigenvalue weighted by molar-refractivity contribution is 0.0946. The first kappa shape index (κ1) is 14.3. The summed E-state index contributed by atoms with van der Waals surface area (Å²) in [7, 11) is -3.36. The van der Waals surface area contributed by atoms with Gasteiger partial charge in [0.2, 0.25) is 0 Å². The lowest BCUT2D eigenvalue weighted by Gasteiger charge is -2.22. The maximum Gasteiger partial charge on any atom is 0.251 e. The summed E-state index contributed by atoms with van der Waals surface area (Å²) in [5.74, 6) is -0.497. The summed E-state index contributed by atoms with van der Waals surface area (Å²) < 4.78 is 24.1. The molecule has 0 spiro atoms. The average Bonchev–Trinajstić information content (AvgIpc) is 2.46. The molecule has 1 fully saturated rings. The third-order valence-corrected chi connectivity index (χ3v) is 6.36. The van der Waals surface area contributed by atoms with Gasteiger partial charge in [-0.1, -0.05) is 18.6 Å². The van der Waals surface area contributed by atoms with E-state index in [1.54, 1.807) is 12.1 Å². The van der Waals surface area contributed by atoms with Gasteiger partial charge in [-0.3, -0.25) is 9.59 Å². The molecule has 6 heteroatoms. The van der Waals surface area contributed by atoms with Gasteiger partial charge in [0.1, 0.15) is 5.25 Å². The van der Waals surface area contributed by atoms with Crippen molar-refractivity contribution in [3.8, 4) is 0 Å². The van der Waals surface area contributed by atoms with Crippen molar-refractivity contribution in [1.82, 2.24) is 5.32 Å². The van der Waals surface area contributed by atoms with E-state index in [1.165, 1.54) is 6.07 Å². The highest BCUT2D eigenvalue weighted by Gasteiger charge is 2.35. The van der Waals surface area contributed by atoms with Gasteiger partial charge in [-0.25, -0.2) is 8.42 Å². The van der Waals surface area contributed by atoms with E-state index in [0.717, 1.165) is 18.4 Å². The van der Waals surface area contributed by atoms with Crippen LogP contribution < -0.4 is 5.32 Å². The lowest BCUT2D eigenvalue weighted by atomic mass is 9.95. The summed E-state index contributed by atoms with van der Waals surface area (Å²) in [6.45, 7) is 0.593. The molecular weight excluding hydrogens is 290 g/mol. The van der Waals surface area contributed by atoms with E-state index in [2.05, 4.69) is 5.32 Å². The maximum absolute atomic E-state index is 12.5. The highest BCUT2D eigenvalue weighted by atomic mass is 32.2. The van der Waals surface area contributed by atoms with Crippen LogP contribution in [0.2, 0.25) is 0 Å². The fourth-order valence-corrected chi connectivity index (χ4v) is 4.88. The highest BCUT2D eigenvalue weighted by Crippen LogP contribution is 2.24. The third-order valence-electron chi connectivity index (χ3n) is 4.19. The standard InChI is InChI=1S/C15H17NO4S/c17-14(13-3-1-2-8-21(13,19)20)11-5-4-10-6-7-16-15(18)12(10)9-11/h4-5,9,13H,1-3,6-8H2,(H,16,18). The molecule has 0 radical (unpaired) electrons. The summed E-state index contributed by atoms with van der Waals surface area (Å²) >= 11 is 0. The predicted molar refractivity (Wildman–Crippen MR) is 78.2 cm³/mol. The molecule has 1 saturated heterocycles. The smallest absolute Gasteiger partial charge is 0.251 e. The summed E-state index contributed by atoms with van der Waals surface area (Å²) in [5, 5.41) is 1.78. The molecular formula is C15H17NO4S. The minimum atomic E-state index is -3.36. The number of hydrogen-bond donors (Lipinski definition) is 1. The molecule has 112 valence electrons. The SMILES string of the molecule is O=C1NCCc2ccc(C(=O)C3CCCCS3(=O)=O)cc21. The van der Waals surface area contributed by atoms with Gasteiger partial charge >= 0.3 is 0 Å². The monoisotopic (exact) mass is 307 g/mol. The van der Waals surface area contributed by atoms with Crippen LogP contribution in [0.1, 0.15) is 45.5 Å². The molecule has 5 nitrogen and oxygen atoms in total. The van der Waals surface area contributed by atoms with Crippen LogP contribution in [0.25, 0.3) is 0 Å². The summed E-state index contributed by atoms with van der Waals surface area (Å²) in [6.07, 6.45) is 2.49. The molecule has 2 aliphatic rings. The molecule has 0 saturated carbocycles. The van der Waals surface area contributed by atoms with Crippen molar-refractivity contribution >= 4 is 21.5 Å². The van der Waals surface area contributed by atoms with Crippen molar-refractivity contribution in [3.63, 3.8) is 0 Å². The third kappa shape index (κ3) is 2.60. The number of carbonyl (C=O) groups excluding carboxylic acids is 2. The lowest BCUT2D eigenvalue weighted by Crippen LogP contribution is -2.36. The molecule has 0 aliphatic carbocycles. The van der Waals surface area contributed by atoms with E-state index in [1.807, 2.05) is 0 Å². The molecule has 1 aromatic rings. The minimum absolute atomic E-state index is 0.0782. The molecule has 21 heavy (non-hydrogen) atoms. The maximum atomic E-state index is 12.5. The van der Waals surface area contributed by atoms with E-state index >= 15 is 0 Å². The predicted octanol–water partition coefficient (Wildman–Crippen LogP) is 1.12. The molecule has 1 N–H and O–H groups in total. The zero-order valence-corrected chi connectivity index (χ0v) is 12.4. The van der Waals surface area contributed by atoms with Crippen LogP contribution in [-0.4, -0.2) is 37.7 Å². The Kier molecular flexibility index (Phi) is 3.57. The molecule has 0 bridgehead atoms. The molecule has 0 aromatic heterocycles. The van der Waals surface area contributed by atoms with E-state index < -0.39 is 15.1 Å². The summed E-state index contributed by atoms with van der Waals surface area (Å²) in [5.41, 5.74) is 1.71. The number of carbonyl (C=O) groups is 2. The van der Waals surface area contributed by atoms with Crippen LogP contribution in [-0.2, 0) is 16.3 Å². The van der Waals surface area contributed by atoms with Gasteiger partial charge in [0.25, 0.3) is 5.91 Å². The molecule has 1 unspecified atom stereocenters. The van der Waals surface area contributed by atoms with E-state index in [0.29, 0.717) is 30.5 Å². The van der Waals surface area contributed by atoms with Crippen molar-refractivity contribution in [2.45, 2.75) is 30.9 Å². The Morgan fingerprint density at radius 2 is 2.05 bits per heavy atom. The number of Topliss-reactive ketones (excluding diaryl/α,β-unsaturated/α-hetero) is 1. The zero-order valence-electron chi connectivity index (χ0n) is 11.6.